The number of benzene rings is 2. The van der Waals surface area contributed by atoms with Crippen LogP contribution < -0.4 is 10.5 Å². The van der Waals surface area contributed by atoms with Gasteiger partial charge >= 0.3 is 0 Å². The highest BCUT2D eigenvalue weighted by Gasteiger charge is 2.25. The summed E-state index contributed by atoms with van der Waals surface area (Å²) < 4.78 is 7.02. The molecule has 0 atom stereocenters. The van der Waals surface area contributed by atoms with Crippen LogP contribution in [0.5, 0.6) is 5.75 Å². The number of rotatable bonds is 4. The monoisotopic (exact) mass is 396 g/mol. The summed E-state index contributed by atoms with van der Waals surface area (Å²) in [6, 6.07) is 18.8. The summed E-state index contributed by atoms with van der Waals surface area (Å²) in [5, 5.41) is 0. The van der Waals surface area contributed by atoms with Crippen molar-refractivity contribution < 1.29 is 9.53 Å². The summed E-state index contributed by atoms with van der Waals surface area (Å²) in [6.45, 7) is 2.04. The standard InChI is InChI=1S/C24H20N4O2/c1-14-6-11-17-18(13-14)27-24(26-17)20-19-5-3-4-12-28(19)22(21(20)25)23(29)15-7-9-16(30-2)10-8-15/h3-13H,25H2,1-2H3,(H,26,27). The number of nitrogens with one attached hydrogen (secondary N) is 1. The lowest BCUT2D eigenvalue weighted by molar-refractivity contribution is 0.103. The third kappa shape index (κ3) is 2.73. The van der Waals surface area contributed by atoms with E-state index in [2.05, 4.69) is 4.98 Å². The molecule has 5 aromatic rings. The third-order valence-electron chi connectivity index (χ3n) is 5.32. The van der Waals surface area contributed by atoms with Crippen molar-refractivity contribution in [1.82, 2.24) is 14.4 Å². The first-order valence-electron chi connectivity index (χ1n) is 9.61. The minimum absolute atomic E-state index is 0.158. The molecule has 5 rings (SSSR count). The van der Waals surface area contributed by atoms with E-state index in [1.807, 2.05) is 53.9 Å². The van der Waals surface area contributed by atoms with Gasteiger partial charge in [0.15, 0.2) is 0 Å². The molecule has 0 amide bonds. The minimum atomic E-state index is -0.158. The highest BCUT2D eigenvalue weighted by molar-refractivity contribution is 6.15. The van der Waals surface area contributed by atoms with Crippen molar-refractivity contribution in [3.8, 4) is 17.1 Å². The first-order chi connectivity index (χ1) is 14.6. The predicted octanol–water partition coefficient (Wildman–Crippen LogP) is 4.61. The van der Waals surface area contributed by atoms with Crippen LogP contribution in [0.2, 0.25) is 0 Å². The number of methoxy groups -OCH3 is 1. The van der Waals surface area contributed by atoms with E-state index < -0.39 is 0 Å². The number of ketones is 1. The molecule has 30 heavy (non-hydrogen) atoms. The molecule has 3 heterocycles. The van der Waals surface area contributed by atoms with E-state index in [1.165, 1.54) is 0 Å². The second kappa shape index (κ2) is 6.77. The highest BCUT2D eigenvalue weighted by atomic mass is 16.5. The molecule has 0 aliphatic heterocycles. The number of hydrogen-bond acceptors (Lipinski definition) is 4. The van der Waals surface area contributed by atoms with Crippen molar-refractivity contribution in [2.75, 3.05) is 12.8 Å². The van der Waals surface area contributed by atoms with E-state index in [9.17, 15) is 4.79 Å². The van der Waals surface area contributed by atoms with Crippen LogP contribution in [-0.2, 0) is 0 Å². The summed E-state index contributed by atoms with van der Waals surface area (Å²) in [6.07, 6.45) is 1.85. The lowest BCUT2D eigenvalue weighted by Crippen LogP contribution is -2.08. The molecule has 2 aromatic carbocycles. The molecule has 0 fully saturated rings. The molecule has 0 unspecified atom stereocenters. The van der Waals surface area contributed by atoms with Crippen molar-refractivity contribution in [2.45, 2.75) is 6.92 Å². The second-order valence-corrected chi connectivity index (χ2v) is 7.26. The zero-order valence-electron chi connectivity index (χ0n) is 16.6. The number of aryl methyl sites for hydroxylation is 1. The molecule has 0 aliphatic rings. The largest absolute Gasteiger partial charge is 0.497 e. The molecular formula is C24H20N4O2. The van der Waals surface area contributed by atoms with Gasteiger partial charge in [0.25, 0.3) is 0 Å². The number of pyridine rings is 1. The van der Waals surface area contributed by atoms with Gasteiger partial charge in [-0.05, 0) is 61.0 Å². The number of ether oxygens (including phenoxy) is 1. The number of nitrogen functional groups attached to an aromatic ring is 1. The lowest BCUT2D eigenvalue weighted by Gasteiger charge is -2.05. The van der Waals surface area contributed by atoms with E-state index in [-0.39, 0.29) is 5.78 Å². The molecule has 0 aliphatic carbocycles. The van der Waals surface area contributed by atoms with Gasteiger partial charge in [-0.25, -0.2) is 4.98 Å². The van der Waals surface area contributed by atoms with E-state index in [0.717, 1.165) is 27.7 Å². The predicted molar refractivity (Wildman–Crippen MR) is 118 cm³/mol. The number of hydrogen-bond donors (Lipinski definition) is 2. The summed E-state index contributed by atoms with van der Waals surface area (Å²) in [5.74, 6) is 1.18. The van der Waals surface area contributed by atoms with Gasteiger partial charge in [-0.15, -0.1) is 0 Å². The van der Waals surface area contributed by atoms with Crippen molar-refractivity contribution >= 4 is 28.0 Å². The van der Waals surface area contributed by atoms with Crippen LogP contribution in [0.3, 0.4) is 0 Å². The summed E-state index contributed by atoms with van der Waals surface area (Å²) >= 11 is 0. The lowest BCUT2D eigenvalue weighted by atomic mass is 10.1. The van der Waals surface area contributed by atoms with Gasteiger partial charge in [-0.2, -0.15) is 0 Å². The molecule has 0 spiro atoms. The molecule has 6 nitrogen and oxygen atoms in total. The second-order valence-electron chi connectivity index (χ2n) is 7.26. The zero-order chi connectivity index (χ0) is 20.8. The number of aromatic nitrogens is 3. The molecular weight excluding hydrogens is 376 g/mol. The summed E-state index contributed by atoms with van der Waals surface area (Å²) in [7, 11) is 1.59. The molecule has 0 bridgehead atoms. The maximum atomic E-state index is 13.4. The zero-order valence-corrected chi connectivity index (χ0v) is 16.6. The number of carbonyl (C=O) groups excluding carboxylic acids is 1. The highest BCUT2D eigenvalue weighted by Crippen LogP contribution is 2.36. The summed E-state index contributed by atoms with van der Waals surface area (Å²) in [4.78, 5) is 21.5. The average Bonchev–Trinajstić information content (AvgIpc) is 3.30. The van der Waals surface area contributed by atoms with Crippen molar-refractivity contribution in [2.24, 2.45) is 0 Å². The number of fused-ring (bicyclic) bond motifs is 2. The Balaban J connectivity index is 1.72. The maximum absolute atomic E-state index is 13.4. The fourth-order valence-electron chi connectivity index (χ4n) is 3.83. The third-order valence-corrected chi connectivity index (χ3v) is 5.32. The van der Waals surface area contributed by atoms with E-state index >= 15 is 0 Å². The molecule has 0 saturated heterocycles. The Labute approximate surface area is 172 Å². The van der Waals surface area contributed by atoms with E-state index in [0.29, 0.717) is 28.5 Å². The number of imidazole rings is 1. The van der Waals surface area contributed by atoms with Gasteiger partial charge in [0, 0.05) is 11.8 Å². The Bertz CT molecular complexity index is 1410. The number of nitrogens with zero attached hydrogens (tertiary/aromatic N) is 2. The molecule has 3 aromatic heterocycles. The fourth-order valence-corrected chi connectivity index (χ4v) is 3.83. The van der Waals surface area contributed by atoms with Crippen LogP contribution in [-0.4, -0.2) is 27.3 Å². The van der Waals surface area contributed by atoms with Crippen molar-refractivity contribution in [3.05, 3.63) is 83.7 Å². The van der Waals surface area contributed by atoms with Crippen molar-refractivity contribution in [1.29, 1.82) is 0 Å². The van der Waals surface area contributed by atoms with E-state index in [1.54, 1.807) is 31.4 Å². The Hall–Kier alpha value is -4.06. The van der Waals surface area contributed by atoms with Crippen LogP contribution in [0.25, 0.3) is 27.9 Å². The first-order valence-corrected chi connectivity index (χ1v) is 9.61. The van der Waals surface area contributed by atoms with Crippen LogP contribution in [0.15, 0.2) is 66.9 Å². The van der Waals surface area contributed by atoms with Crippen LogP contribution in [0, 0.1) is 6.92 Å². The van der Waals surface area contributed by atoms with Crippen LogP contribution in [0.4, 0.5) is 5.69 Å². The molecule has 0 radical (unpaired) electrons. The SMILES string of the molecule is COc1ccc(C(=O)c2c(N)c(-c3nc4ccc(C)cc4[nH]3)c3ccccn23)cc1. The smallest absolute Gasteiger partial charge is 0.211 e. The van der Waals surface area contributed by atoms with Gasteiger partial charge in [0.2, 0.25) is 5.78 Å². The Morgan fingerprint density at radius 3 is 2.67 bits per heavy atom. The number of carbonyl (C=O) groups is 1. The van der Waals surface area contributed by atoms with E-state index in [4.69, 9.17) is 15.5 Å². The maximum Gasteiger partial charge on any atom is 0.211 e. The van der Waals surface area contributed by atoms with Gasteiger partial charge in [-0.1, -0.05) is 12.1 Å². The minimum Gasteiger partial charge on any atom is -0.497 e. The quantitative estimate of drug-likeness (QED) is 0.434. The average molecular weight is 396 g/mol. The van der Waals surface area contributed by atoms with Gasteiger partial charge < -0.3 is 19.9 Å². The molecule has 0 saturated carbocycles. The molecule has 148 valence electrons. The number of nitrogens with two attached hydrogens (primary N) is 1. The van der Waals surface area contributed by atoms with Gasteiger partial charge in [-0.3, -0.25) is 4.79 Å². The van der Waals surface area contributed by atoms with Crippen LogP contribution in [0.1, 0.15) is 21.6 Å². The Morgan fingerprint density at radius 2 is 1.90 bits per heavy atom. The molecule has 3 N–H and O–H groups in total. The normalized spacial score (nSPS) is 11.3. The van der Waals surface area contributed by atoms with Crippen LogP contribution >= 0.6 is 0 Å². The fraction of sp³-hybridized carbons (Fsp3) is 0.0833. The molecule has 6 heteroatoms. The Morgan fingerprint density at radius 1 is 1.10 bits per heavy atom. The number of anilines is 1. The number of H-pyrrole nitrogens is 1. The van der Waals surface area contributed by atoms with Gasteiger partial charge in [0.05, 0.1) is 34.9 Å². The topological polar surface area (TPSA) is 85.4 Å². The number of aromatic amines is 1. The summed E-state index contributed by atoms with van der Waals surface area (Å²) in [5.41, 5.74) is 12.4. The van der Waals surface area contributed by atoms with Crippen molar-refractivity contribution in [3.63, 3.8) is 0 Å². The van der Waals surface area contributed by atoms with Gasteiger partial charge in [0.1, 0.15) is 17.3 Å². The first kappa shape index (κ1) is 18.0. The Kier molecular flexibility index (Phi) is 4.06.